The zero-order chi connectivity index (χ0) is 12.8. The smallest absolute Gasteiger partial charge is 0.253 e. The number of hydrogen-bond acceptors (Lipinski definition) is 3. The van der Waals surface area contributed by atoms with Gasteiger partial charge in [0, 0.05) is 6.54 Å². The Kier molecular flexibility index (Phi) is 3.91. The van der Waals surface area contributed by atoms with Crippen LogP contribution in [0.4, 0.5) is 0 Å². The van der Waals surface area contributed by atoms with Crippen molar-refractivity contribution in [2.45, 2.75) is 23.2 Å². The molecule has 0 aromatic rings. The van der Waals surface area contributed by atoms with Crippen LogP contribution in [0.5, 0.6) is 0 Å². The summed E-state index contributed by atoms with van der Waals surface area (Å²) in [4.78, 5) is 0. The fourth-order valence-corrected chi connectivity index (χ4v) is 2.99. The third-order valence-corrected chi connectivity index (χ3v) is 4.27. The molecule has 0 radical (unpaired) electrons. The number of hydrogen-bond donors (Lipinski definition) is 0. The largest absolute Gasteiger partial charge is 0.339 e. The molecule has 1 saturated heterocycles. The zero-order valence-corrected chi connectivity index (χ0v) is 11.9. The minimum atomic E-state index is -3.85. The van der Waals surface area contributed by atoms with E-state index < -0.39 is 26.2 Å². The van der Waals surface area contributed by atoms with Gasteiger partial charge >= 0.3 is 10.3 Å². The topological polar surface area (TPSA) is 46.4 Å². The SMILES string of the molecule is C=C(C)[C@]1(C)CN1S(=O)(=O)OCC(Cl)(Cl)Cl. The van der Waals surface area contributed by atoms with Crippen molar-refractivity contribution >= 4 is 45.1 Å². The molecule has 1 aliphatic rings. The molecule has 0 spiro atoms. The van der Waals surface area contributed by atoms with E-state index in [-0.39, 0.29) is 0 Å². The first kappa shape index (κ1) is 14.5. The summed E-state index contributed by atoms with van der Waals surface area (Å²) >= 11 is 16.2. The summed E-state index contributed by atoms with van der Waals surface area (Å²) in [7, 11) is -3.85. The Labute approximate surface area is 110 Å². The average Bonchev–Trinajstić information content (AvgIpc) is 2.76. The summed E-state index contributed by atoms with van der Waals surface area (Å²) in [5.41, 5.74) is 0.167. The summed E-state index contributed by atoms with van der Waals surface area (Å²) in [5, 5.41) is 0. The molecule has 0 bridgehead atoms. The maximum absolute atomic E-state index is 11.6. The van der Waals surface area contributed by atoms with Crippen molar-refractivity contribution in [2.75, 3.05) is 13.2 Å². The van der Waals surface area contributed by atoms with Crippen LogP contribution < -0.4 is 0 Å². The van der Waals surface area contributed by atoms with Crippen LogP contribution in [0.25, 0.3) is 0 Å². The molecule has 0 aromatic carbocycles. The maximum Gasteiger partial charge on any atom is 0.339 e. The van der Waals surface area contributed by atoms with E-state index in [1.54, 1.807) is 13.8 Å². The summed E-state index contributed by atoms with van der Waals surface area (Å²) < 4.78 is 27.3. The summed E-state index contributed by atoms with van der Waals surface area (Å²) in [6.45, 7) is 7.06. The third-order valence-electron chi connectivity index (χ3n) is 2.46. The van der Waals surface area contributed by atoms with Gasteiger partial charge in [-0.15, -0.1) is 0 Å². The van der Waals surface area contributed by atoms with E-state index in [1.165, 1.54) is 4.31 Å². The van der Waals surface area contributed by atoms with Crippen molar-refractivity contribution < 1.29 is 12.6 Å². The van der Waals surface area contributed by atoms with Crippen LogP contribution in [0.15, 0.2) is 12.2 Å². The molecule has 1 fully saturated rings. The van der Waals surface area contributed by atoms with Crippen molar-refractivity contribution in [2.24, 2.45) is 0 Å². The van der Waals surface area contributed by atoms with E-state index in [0.29, 0.717) is 6.54 Å². The van der Waals surface area contributed by atoms with Gasteiger partial charge in [0.1, 0.15) is 6.61 Å². The van der Waals surface area contributed by atoms with Gasteiger partial charge in [0.2, 0.25) is 3.79 Å². The Morgan fingerprint density at radius 1 is 1.56 bits per heavy atom. The van der Waals surface area contributed by atoms with Crippen LogP contribution in [0, 0.1) is 0 Å². The quantitative estimate of drug-likeness (QED) is 0.455. The van der Waals surface area contributed by atoms with Gasteiger partial charge in [0.15, 0.2) is 0 Å². The van der Waals surface area contributed by atoms with Gasteiger partial charge in [-0.25, -0.2) is 0 Å². The van der Waals surface area contributed by atoms with Crippen LogP contribution >= 0.6 is 34.8 Å². The Bertz CT molecular complexity index is 403. The number of alkyl halides is 3. The molecule has 16 heavy (non-hydrogen) atoms. The number of halogens is 3. The standard InChI is InChI=1S/C8H12Cl3NO3S/c1-6(2)7(3)4-12(7)16(13,14)15-5-8(9,10)11/h1,4-5H2,2-3H3/t7-,12?/m0/s1. The van der Waals surface area contributed by atoms with Gasteiger partial charge in [-0.3, -0.25) is 4.18 Å². The minimum Gasteiger partial charge on any atom is -0.253 e. The highest BCUT2D eigenvalue weighted by Gasteiger charge is 2.56. The molecule has 1 heterocycles. The Balaban J connectivity index is 2.66. The van der Waals surface area contributed by atoms with Gasteiger partial charge < -0.3 is 0 Å². The Morgan fingerprint density at radius 2 is 2.06 bits per heavy atom. The fourth-order valence-electron chi connectivity index (χ4n) is 1.12. The van der Waals surface area contributed by atoms with E-state index in [9.17, 15) is 8.42 Å². The molecule has 0 aromatic heterocycles. The molecule has 0 saturated carbocycles. The first-order valence-electron chi connectivity index (χ1n) is 4.39. The van der Waals surface area contributed by atoms with Crippen molar-refractivity contribution in [1.29, 1.82) is 0 Å². The van der Waals surface area contributed by atoms with Crippen molar-refractivity contribution in [1.82, 2.24) is 4.31 Å². The van der Waals surface area contributed by atoms with Crippen LogP contribution in [0.1, 0.15) is 13.8 Å². The lowest BCUT2D eigenvalue weighted by molar-refractivity contribution is 0.301. The van der Waals surface area contributed by atoms with Crippen LogP contribution in [0.3, 0.4) is 0 Å². The summed E-state index contributed by atoms with van der Waals surface area (Å²) in [6, 6.07) is 0. The molecule has 4 nitrogen and oxygen atoms in total. The van der Waals surface area contributed by atoms with E-state index in [0.717, 1.165) is 5.57 Å². The summed E-state index contributed by atoms with van der Waals surface area (Å²) in [6.07, 6.45) is 0. The van der Waals surface area contributed by atoms with E-state index in [2.05, 4.69) is 10.8 Å². The predicted molar refractivity (Wildman–Crippen MR) is 65.1 cm³/mol. The first-order valence-corrected chi connectivity index (χ1v) is 6.89. The highest BCUT2D eigenvalue weighted by Crippen LogP contribution is 2.41. The lowest BCUT2D eigenvalue weighted by Crippen LogP contribution is -2.27. The van der Waals surface area contributed by atoms with Gasteiger partial charge in [-0.05, 0) is 13.8 Å². The number of rotatable bonds is 4. The molecule has 1 rings (SSSR count). The fraction of sp³-hybridized carbons (Fsp3) is 0.750. The molecule has 0 amide bonds. The molecule has 8 heteroatoms. The van der Waals surface area contributed by atoms with E-state index >= 15 is 0 Å². The average molecular weight is 309 g/mol. The normalized spacial score (nSPS) is 30.2. The minimum absolute atomic E-state index is 0.338. The van der Waals surface area contributed by atoms with E-state index in [4.69, 9.17) is 34.8 Å². The van der Waals surface area contributed by atoms with Gasteiger partial charge in [-0.2, -0.15) is 12.7 Å². The molecule has 0 N–H and O–H groups in total. The van der Waals surface area contributed by atoms with Crippen LogP contribution in [-0.4, -0.2) is 35.2 Å². The molecule has 2 atom stereocenters. The third kappa shape index (κ3) is 3.24. The summed E-state index contributed by atoms with van der Waals surface area (Å²) in [5.74, 6) is 0. The predicted octanol–water partition coefficient (Wildman–Crippen LogP) is 2.27. The van der Waals surface area contributed by atoms with Gasteiger partial charge in [-0.1, -0.05) is 47.0 Å². The maximum atomic E-state index is 11.6. The van der Waals surface area contributed by atoms with Gasteiger partial charge in [0.05, 0.1) is 5.54 Å². The molecule has 94 valence electrons. The zero-order valence-electron chi connectivity index (χ0n) is 8.84. The lowest BCUT2D eigenvalue weighted by atomic mass is 10.1. The van der Waals surface area contributed by atoms with E-state index in [1.807, 2.05) is 0 Å². The number of nitrogens with zero attached hydrogens (tertiary/aromatic N) is 1. The highest BCUT2D eigenvalue weighted by atomic mass is 35.6. The van der Waals surface area contributed by atoms with Crippen molar-refractivity contribution in [3.63, 3.8) is 0 Å². The van der Waals surface area contributed by atoms with Gasteiger partial charge in [0.25, 0.3) is 0 Å². The second-order valence-electron chi connectivity index (χ2n) is 3.90. The van der Waals surface area contributed by atoms with Crippen molar-refractivity contribution in [3.05, 3.63) is 12.2 Å². The monoisotopic (exact) mass is 307 g/mol. The van der Waals surface area contributed by atoms with Crippen LogP contribution in [-0.2, 0) is 14.5 Å². The Hall–Kier alpha value is 0.480. The second kappa shape index (κ2) is 4.30. The van der Waals surface area contributed by atoms with Crippen molar-refractivity contribution in [3.8, 4) is 0 Å². The lowest BCUT2D eigenvalue weighted by Gasteiger charge is -2.15. The van der Waals surface area contributed by atoms with Crippen LogP contribution in [0.2, 0.25) is 0 Å². The molecule has 1 unspecified atom stereocenters. The molecular weight excluding hydrogens is 297 g/mol. The first-order chi connectivity index (χ1) is 6.99. The Morgan fingerprint density at radius 3 is 2.38 bits per heavy atom. The molecular formula is C8H12Cl3NO3S. The molecule has 1 aliphatic heterocycles. The second-order valence-corrected chi connectivity index (χ2v) is 7.94. The highest BCUT2D eigenvalue weighted by molar-refractivity contribution is 7.84. The molecule has 0 aliphatic carbocycles.